The molecule has 2 N–H and O–H groups in total. The molecule has 0 saturated carbocycles. The number of nitrogens with two attached hydrogens (primary N) is 1. The normalized spacial score (nSPS) is 11.7. The van der Waals surface area contributed by atoms with Gasteiger partial charge in [0.15, 0.2) is 5.65 Å². The highest BCUT2D eigenvalue weighted by atomic mass is 79.9. The largest absolute Gasteiger partial charge is 0.397 e. The molecule has 23 heavy (non-hydrogen) atoms. The third kappa shape index (κ3) is 4.05. The number of aryl methyl sites for hydroxylation is 1. The minimum Gasteiger partial charge on any atom is -0.317 e. The van der Waals surface area contributed by atoms with Gasteiger partial charge in [-0.15, -0.1) is 0 Å². The monoisotopic (exact) mass is 393 g/mol. The molecule has 0 spiro atoms. The maximum absolute atomic E-state index is 12.2. The molecular formula is C12H11BrF3N5O2. The molecule has 2 aromatic rings. The van der Waals surface area contributed by atoms with Crippen molar-refractivity contribution in [1.82, 2.24) is 19.5 Å². The summed E-state index contributed by atoms with van der Waals surface area (Å²) >= 11 is 3.22. The standard InChI is InChI=1S/C12H11BrF3N5O2/c1-6-19-11-8(2-7(13)4-18-11)20(6)5-10(23)21(17)9(22)3-12(14,15)16/h2,4H,3,5,17H2,1H3. The number of pyridine rings is 1. The van der Waals surface area contributed by atoms with Crippen LogP contribution in [0.1, 0.15) is 12.2 Å². The summed E-state index contributed by atoms with van der Waals surface area (Å²) in [6, 6.07) is 1.65. The van der Waals surface area contributed by atoms with Crippen LogP contribution in [-0.2, 0) is 16.1 Å². The minimum atomic E-state index is -4.73. The van der Waals surface area contributed by atoms with Gasteiger partial charge in [-0.05, 0) is 28.9 Å². The van der Waals surface area contributed by atoms with Gasteiger partial charge in [-0.2, -0.15) is 13.2 Å². The molecule has 2 amide bonds. The second-order valence-corrected chi connectivity index (χ2v) is 5.61. The summed E-state index contributed by atoms with van der Waals surface area (Å²) in [5, 5.41) is -0.0236. The predicted molar refractivity (Wildman–Crippen MR) is 76.7 cm³/mol. The van der Waals surface area contributed by atoms with Crippen LogP contribution in [0.15, 0.2) is 16.7 Å². The molecule has 0 unspecified atom stereocenters. The van der Waals surface area contributed by atoms with Gasteiger partial charge in [0.25, 0.3) is 11.8 Å². The van der Waals surface area contributed by atoms with Crippen molar-refractivity contribution < 1.29 is 22.8 Å². The van der Waals surface area contributed by atoms with Crippen molar-refractivity contribution >= 4 is 38.9 Å². The Morgan fingerprint density at radius 2 is 2.04 bits per heavy atom. The van der Waals surface area contributed by atoms with Crippen molar-refractivity contribution in [2.45, 2.75) is 26.1 Å². The number of rotatable bonds is 3. The van der Waals surface area contributed by atoms with E-state index in [1.807, 2.05) is 0 Å². The SMILES string of the molecule is Cc1nc2ncc(Br)cc2n1CC(=O)N(N)C(=O)CC(F)(F)F. The Morgan fingerprint density at radius 3 is 2.65 bits per heavy atom. The number of carbonyl (C=O) groups excluding carboxylic acids is 2. The molecule has 0 atom stereocenters. The zero-order chi connectivity index (χ0) is 17.4. The average Bonchev–Trinajstić information content (AvgIpc) is 2.72. The fraction of sp³-hybridized carbons (Fsp3) is 0.333. The van der Waals surface area contributed by atoms with Crippen molar-refractivity contribution in [3.8, 4) is 0 Å². The van der Waals surface area contributed by atoms with Crippen LogP contribution in [0.2, 0.25) is 0 Å². The van der Waals surface area contributed by atoms with E-state index in [0.29, 0.717) is 21.5 Å². The number of carbonyl (C=O) groups is 2. The summed E-state index contributed by atoms with van der Waals surface area (Å²) in [6.07, 6.45) is -5.02. The molecule has 0 aliphatic carbocycles. The number of halogens is 4. The molecule has 0 aliphatic heterocycles. The molecule has 2 aromatic heterocycles. The number of hydrogen-bond acceptors (Lipinski definition) is 5. The number of nitrogens with zero attached hydrogens (tertiary/aromatic N) is 4. The van der Waals surface area contributed by atoms with Gasteiger partial charge in [0.1, 0.15) is 18.8 Å². The second-order valence-electron chi connectivity index (χ2n) is 4.69. The van der Waals surface area contributed by atoms with E-state index in [0.717, 1.165) is 0 Å². The Morgan fingerprint density at radius 1 is 1.39 bits per heavy atom. The third-order valence-electron chi connectivity index (χ3n) is 2.95. The van der Waals surface area contributed by atoms with E-state index in [2.05, 4.69) is 25.9 Å². The highest BCUT2D eigenvalue weighted by Gasteiger charge is 2.34. The van der Waals surface area contributed by atoms with Gasteiger partial charge in [-0.3, -0.25) is 9.59 Å². The summed E-state index contributed by atoms with van der Waals surface area (Å²) in [4.78, 5) is 31.5. The molecule has 2 rings (SSSR count). The molecule has 0 fully saturated rings. The van der Waals surface area contributed by atoms with Crippen LogP contribution >= 0.6 is 15.9 Å². The lowest BCUT2D eigenvalue weighted by molar-refractivity contribution is -0.165. The Balaban J connectivity index is 2.22. The van der Waals surface area contributed by atoms with E-state index in [-0.39, 0.29) is 5.01 Å². The fourth-order valence-electron chi connectivity index (χ4n) is 1.90. The van der Waals surface area contributed by atoms with E-state index < -0.39 is 31.0 Å². The Kier molecular flexibility index (Phi) is 4.71. The maximum atomic E-state index is 12.2. The van der Waals surface area contributed by atoms with Crippen molar-refractivity contribution in [2.75, 3.05) is 0 Å². The van der Waals surface area contributed by atoms with Crippen molar-refractivity contribution in [1.29, 1.82) is 0 Å². The van der Waals surface area contributed by atoms with Crippen LogP contribution in [0.4, 0.5) is 13.2 Å². The molecule has 2 heterocycles. The number of aromatic nitrogens is 3. The molecule has 7 nitrogen and oxygen atoms in total. The van der Waals surface area contributed by atoms with Gasteiger partial charge in [0.05, 0.1) is 5.52 Å². The first kappa shape index (κ1) is 17.3. The van der Waals surface area contributed by atoms with E-state index in [1.165, 1.54) is 10.8 Å². The first-order chi connectivity index (χ1) is 10.6. The molecular weight excluding hydrogens is 383 g/mol. The topological polar surface area (TPSA) is 94.1 Å². The zero-order valence-electron chi connectivity index (χ0n) is 11.8. The molecule has 11 heteroatoms. The third-order valence-corrected chi connectivity index (χ3v) is 3.38. The van der Waals surface area contributed by atoms with Gasteiger partial charge in [0.2, 0.25) is 0 Å². The number of hydrogen-bond donors (Lipinski definition) is 1. The summed E-state index contributed by atoms with van der Waals surface area (Å²) in [5.74, 6) is 3.09. The zero-order valence-corrected chi connectivity index (χ0v) is 13.3. The fourth-order valence-corrected chi connectivity index (χ4v) is 2.22. The van der Waals surface area contributed by atoms with Crippen molar-refractivity contribution in [3.63, 3.8) is 0 Å². The number of fused-ring (bicyclic) bond motifs is 1. The van der Waals surface area contributed by atoms with Crippen LogP contribution < -0.4 is 5.84 Å². The Hall–Kier alpha value is -2.01. The van der Waals surface area contributed by atoms with Gasteiger partial charge < -0.3 is 4.57 Å². The van der Waals surface area contributed by atoms with E-state index in [1.54, 1.807) is 13.0 Å². The highest BCUT2D eigenvalue weighted by molar-refractivity contribution is 9.10. The van der Waals surface area contributed by atoms with Gasteiger partial charge in [0, 0.05) is 10.7 Å². The van der Waals surface area contributed by atoms with E-state index >= 15 is 0 Å². The van der Waals surface area contributed by atoms with E-state index in [9.17, 15) is 22.8 Å². The van der Waals surface area contributed by atoms with Crippen LogP contribution in [-0.4, -0.2) is 37.5 Å². The predicted octanol–water partition coefficient (Wildman–Crippen LogP) is 1.68. The molecule has 0 aromatic carbocycles. The van der Waals surface area contributed by atoms with Gasteiger partial charge in [-0.1, -0.05) is 0 Å². The van der Waals surface area contributed by atoms with Crippen LogP contribution in [0.5, 0.6) is 0 Å². The highest BCUT2D eigenvalue weighted by Crippen LogP contribution is 2.21. The molecule has 0 aliphatic rings. The molecule has 0 radical (unpaired) electrons. The smallest absolute Gasteiger partial charge is 0.317 e. The minimum absolute atomic E-state index is 0.0236. The lowest BCUT2D eigenvalue weighted by Gasteiger charge is -2.16. The van der Waals surface area contributed by atoms with Crippen molar-refractivity contribution in [3.05, 3.63) is 22.6 Å². The quantitative estimate of drug-likeness (QED) is 0.486. The summed E-state index contributed by atoms with van der Waals surface area (Å²) < 4.78 is 38.6. The van der Waals surface area contributed by atoms with Gasteiger partial charge >= 0.3 is 6.18 Å². The summed E-state index contributed by atoms with van der Waals surface area (Å²) in [6.45, 7) is 1.17. The summed E-state index contributed by atoms with van der Waals surface area (Å²) in [7, 11) is 0. The number of imide groups is 1. The molecule has 0 saturated heterocycles. The molecule has 124 valence electrons. The van der Waals surface area contributed by atoms with Crippen molar-refractivity contribution in [2.24, 2.45) is 5.84 Å². The van der Waals surface area contributed by atoms with Crippen LogP contribution in [0.25, 0.3) is 11.2 Å². The number of amides is 2. The van der Waals surface area contributed by atoms with Crippen LogP contribution in [0.3, 0.4) is 0 Å². The second kappa shape index (κ2) is 6.24. The Labute approximate surface area is 136 Å². The molecule has 0 bridgehead atoms. The lowest BCUT2D eigenvalue weighted by atomic mass is 10.3. The summed E-state index contributed by atoms with van der Waals surface area (Å²) in [5.41, 5.74) is 0.852. The number of imidazole rings is 1. The Bertz CT molecular complexity index is 774. The maximum Gasteiger partial charge on any atom is 0.397 e. The number of hydrazine groups is 1. The van der Waals surface area contributed by atoms with Crippen LogP contribution in [0, 0.1) is 6.92 Å². The van der Waals surface area contributed by atoms with Gasteiger partial charge in [-0.25, -0.2) is 20.8 Å². The van der Waals surface area contributed by atoms with E-state index in [4.69, 9.17) is 5.84 Å². The lowest BCUT2D eigenvalue weighted by Crippen LogP contribution is -2.45. The average molecular weight is 394 g/mol. The first-order valence-corrected chi connectivity index (χ1v) is 7.03. The number of alkyl halides is 3. The first-order valence-electron chi connectivity index (χ1n) is 6.24.